The average Bonchev–Trinajstić information content (AvgIpc) is 2.74. The van der Waals surface area contributed by atoms with E-state index < -0.39 is 0 Å². The highest BCUT2D eigenvalue weighted by Crippen LogP contribution is 2.16. The topological polar surface area (TPSA) is 68.3 Å². The molecule has 1 fully saturated rings. The van der Waals surface area contributed by atoms with Crippen molar-refractivity contribution in [2.24, 2.45) is 0 Å². The van der Waals surface area contributed by atoms with Crippen molar-refractivity contribution in [3.63, 3.8) is 0 Å². The van der Waals surface area contributed by atoms with E-state index in [1.165, 1.54) is 0 Å². The van der Waals surface area contributed by atoms with Crippen LogP contribution in [0.3, 0.4) is 0 Å². The molecule has 106 valence electrons. The Hall–Kier alpha value is -1.40. The van der Waals surface area contributed by atoms with E-state index in [1.54, 1.807) is 7.11 Å². The summed E-state index contributed by atoms with van der Waals surface area (Å²) < 4.78 is 11.0. The SMILES string of the molecule is CO[C@H]1CNCC1Nc1nc(C)cc(OC(C)C)n1. The largest absolute Gasteiger partial charge is 0.475 e. The average molecular weight is 266 g/mol. The van der Waals surface area contributed by atoms with Gasteiger partial charge in [0.15, 0.2) is 0 Å². The van der Waals surface area contributed by atoms with E-state index in [-0.39, 0.29) is 18.2 Å². The van der Waals surface area contributed by atoms with E-state index in [9.17, 15) is 0 Å². The zero-order valence-corrected chi connectivity index (χ0v) is 11.9. The van der Waals surface area contributed by atoms with Crippen molar-refractivity contribution < 1.29 is 9.47 Å². The van der Waals surface area contributed by atoms with E-state index in [1.807, 2.05) is 26.8 Å². The number of anilines is 1. The standard InChI is InChI=1S/C13H22N4O2/c1-8(2)19-12-5-9(3)15-13(17-12)16-10-6-14-7-11(10)18-4/h5,8,10-11,14H,6-7H2,1-4H3,(H,15,16,17)/t10?,11-/m0/s1. The molecule has 2 heterocycles. The van der Waals surface area contributed by atoms with Gasteiger partial charge in [-0.25, -0.2) is 4.98 Å². The Bertz CT molecular complexity index is 425. The Morgan fingerprint density at radius 2 is 2.16 bits per heavy atom. The third-order valence-corrected chi connectivity index (χ3v) is 2.96. The fourth-order valence-electron chi connectivity index (χ4n) is 2.12. The summed E-state index contributed by atoms with van der Waals surface area (Å²) in [6, 6.07) is 2.02. The van der Waals surface area contributed by atoms with Crippen molar-refractivity contribution in [1.29, 1.82) is 0 Å². The lowest BCUT2D eigenvalue weighted by Gasteiger charge is -2.19. The number of aryl methyl sites for hydroxylation is 1. The van der Waals surface area contributed by atoms with E-state index in [2.05, 4.69) is 20.6 Å². The van der Waals surface area contributed by atoms with Crippen LogP contribution in [0.15, 0.2) is 6.07 Å². The van der Waals surface area contributed by atoms with Gasteiger partial charge in [0.05, 0.1) is 18.2 Å². The Morgan fingerprint density at radius 3 is 2.84 bits per heavy atom. The summed E-state index contributed by atoms with van der Waals surface area (Å²) >= 11 is 0. The minimum absolute atomic E-state index is 0.0991. The Balaban J connectivity index is 2.09. The van der Waals surface area contributed by atoms with E-state index >= 15 is 0 Å². The number of nitrogens with one attached hydrogen (secondary N) is 2. The molecule has 0 amide bonds. The molecule has 1 saturated heterocycles. The molecule has 2 rings (SSSR count). The fourth-order valence-corrected chi connectivity index (χ4v) is 2.12. The maximum absolute atomic E-state index is 5.62. The first kappa shape index (κ1) is 14.0. The molecule has 1 aromatic heterocycles. The maximum atomic E-state index is 5.62. The van der Waals surface area contributed by atoms with Crippen molar-refractivity contribution >= 4 is 5.95 Å². The summed E-state index contributed by atoms with van der Waals surface area (Å²) in [6.07, 6.45) is 0.237. The smallest absolute Gasteiger partial charge is 0.226 e. The van der Waals surface area contributed by atoms with Crippen molar-refractivity contribution in [2.75, 3.05) is 25.5 Å². The molecule has 0 aliphatic carbocycles. The minimum Gasteiger partial charge on any atom is -0.475 e. The van der Waals surface area contributed by atoms with Gasteiger partial charge in [-0.2, -0.15) is 4.98 Å². The number of hydrogen-bond donors (Lipinski definition) is 2. The van der Waals surface area contributed by atoms with Gasteiger partial charge < -0.3 is 20.1 Å². The molecule has 0 aromatic carbocycles. The van der Waals surface area contributed by atoms with Crippen LogP contribution in [0.4, 0.5) is 5.95 Å². The first-order valence-electron chi connectivity index (χ1n) is 6.61. The second kappa shape index (κ2) is 6.16. The van der Waals surface area contributed by atoms with Gasteiger partial charge in [-0.3, -0.25) is 0 Å². The van der Waals surface area contributed by atoms with Crippen LogP contribution < -0.4 is 15.4 Å². The summed E-state index contributed by atoms with van der Waals surface area (Å²) in [4.78, 5) is 8.77. The number of hydrogen-bond acceptors (Lipinski definition) is 6. The maximum Gasteiger partial charge on any atom is 0.226 e. The predicted molar refractivity (Wildman–Crippen MR) is 73.6 cm³/mol. The van der Waals surface area contributed by atoms with Crippen LogP contribution in [0.1, 0.15) is 19.5 Å². The summed E-state index contributed by atoms with van der Waals surface area (Å²) in [6.45, 7) is 7.57. The highest BCUT2D eigenvalue weighted by atomic mass is 16.5. The molecule has 1 aliphatic rings. The van der Waals surface area contributed by atoms with Crippen LogP contribution in [0.5, 0.6) is 5.88 Å². The molecule has 0 spiro atoms. The van der Waals surface area contributed by atoms with Gasteiger partial charge in [0.2, 0.25) is 11.8 Å². The number of methoxy groups -OCH3 is 1. The highest BCUT2D eigenvalue weighted by molar-refractivity contribution is 5.33. The van der Waals surface area contributed by atoms with Crippen molar-refractivity contribution in [3.05, 3.63) is 11.8 Å². The number of ether oxygens (including phenoxy) is 2. The molecule has 2 N–H and O–H groups in total. The number of nitrogens with zero attached hydrogens (tertiary/aromatic N) is 2. The molecule has 19 heavy (non-hydrogen) atoms. The van der Waals surface area contributed by atoms with Crippen molar-refractivity contribution in [3.8, 4) is 5.88 Å². The Morgan fingerprint density at radius 1 is 1.37 bits per heavy atom. The van der Waals surface area contributed by atoms with E-state index in [0.29, 0.717) is 11.8 Å². The Kier molecular flexibility index (Phi) is 4.55. The highest BCUT2D eigenvalue weighted by Gasteiger charge is 2.27. The predicted octanol–water partition coefficient (Wildman–Crippen LogP) is 0.971. The van der Waals surface area contributed by atoms with E-state index in [0.717, 1.165) is 18.8 Å². The normalized spacial score (nSPS) is 22.8. The number of aromatic nitrogens is 2. The molecule has 1 unspecified atom stereocenters. The minimum atomic E-state index is 0.0991. The van der Waals surface area contributed by atoms with Gasteiger partial charge in [-0.1, -0.05) is 0 Å². The van der Waals surface area contributed by atoms with Gasteiger partial charge >= 0.3 is 0 Å². The summed E-state index contributed by atoms with van der Waals surface area (Å²) in [7, 11) is 1.72. The molecular formula is C13H22N4O2. The quantitative estimate of drug-likeness (QED) is 0.828. The second-order valence-electron chi connectivity index (χ2n) is 5.02. The van der Waals surface area contributed by atoms with Crippen LogP contribution in [-0.2, 0) is 4.74 Å². The van der Waals surface area contributed by atoms with Gasteiger partial charge in [-0.05, 0) is 20.8 Å². The fraction of sp³-hybridized carbons (Fsp3) is 0.692. The van der Waals surface area contributed by atoms with Crippen LogP contribution in [0.2, 0.25) is 0 Å². The molecular weight excluding hydrogens is 244 g/mol. The zero-order valence-electron chi connectivity index (χ0n) is 11.9. The third-order valence-electron chi connectivity index (χ3n) is 2.96. The van der Waals surface area contributed by atoms with E-state index in [4.69, 9.17) is 9.47 Å². The summed E-state index contributed by atoms with van der Waals surface area (Å²) in [5.41, 5.74) is 0.882. The first-order chi connectivity index (χ1) is 9.08. The zero-order chi connectivity index (χ0) is 13.8. The van der Waals surface area contributed by atoms with Crippen LogP contribution in [0.25, 0.3) is 0 Å². The molecule has 0 bridgehead atoms. The Labute approximate surface area is 113 Å². The van der Waals surface area contributed by atoms with Crippen LogP contribution in [-0.4, -0.2) is 48.4 Å². The monoisotopic (exact) mass is 266 g/mol. The van der Waals surface area contributed by atoms with Crippen LogP contribution >= 0.6 is 0 Å². The lowest BCUT2D eigenvalue weighted by Crippen LogP contribution is -2.34. The van der Waals surface area contributed by atoms with Gasteiger partial charge in [0.25, 0.3) is 0 Å². The molecule has 1 aliphatic heterocycles. The van der Waals surface area contributed by atoms with Crippen molar-refractivity contribution in [1.82, 2.24) is 15.3 Å². The molecule has 0 saturated carbocycles. The molecule has 0 radical (unpaired) electrons. The molecule has 6 nitrogen and oxygen atoms in total. The molecule has 2 atom stereocenters. The molecule has 1 aromatic rings. The van der Waals surface area contributed by atoms with Crippen molar-refractivity contribution in [2.45, 2.75) is 39.0 Å². The summed E-state index contributed by atoms with van der Waals surface area (Å²) in [5, 5.41) is 6.59. The third kappa shape index (κ3) is 3.78. The van der Waals surface area contributed by atoms with Gasteiger partial charge in [0.1, 0.15) is 0 Å². The van der Waals surface area contributed by atoms with Crippen LogP contribution in [0, 0.1) is 6.92 Å². The lowest BCUT2D eigenvalue weighted by molar-refractivity contribution is 0.111. The van der Waals surface area contributed by atoms with Gasteiger partial charge in [0, 0.05) is 32.0 Å². The first-order valence-corrected chi connectivity index (χ1v) is 6.61. The second-order valence-corrected chi connectivity index (χ2v) is 5.02. The summed E-state index contributed by atoms with van der Waals surface area (Å²) in [5.74, 6) is 1.19. The lowest BCUT2D eigenvalue weighted by atomic mass is 10.2. The van der Waals surface area contributed by atoms with Gasteiger partial charge in [-0.15, -0.1) is 0 Å². The number of rotatable bonds is 5. The molecule has 6 heteroatoms.